The Morgan fingerprint density at radius 1 is 1.33 bits per heavy atom. The summed E-state index contributed by atoms with van der Waals surface area (Å²) in [7, 11) is -1.85. The summed E-state index contributed by atoms with van der Waals surface area (Å²) in [6, 6.07) is 1.09. The van der Waals surface area contributed by atoms with Gasteiger partial charge in [0.15, 0.2) is 6.23 Å². The van der Waals surface area contributed by atoms with Crippen LogP contribution in [-0.2, 0) is 23.1 Å². The van der Waals surface area contributed by atoms with E-state index in [-0.39, 0.29) is 6.61 Å². The summed E-state index contributed by atoms with van der Waals surface area (Å²) in [5.74, 6) is 0. The fourth-order valence-electron chi connectivity index (χ4n) is 1.78. The van der Waals surface area contributed by atoms with Crippen LogP contribution in [0.1, 0.15) is 13.2 Å². The molecule has 0 saturated carbocycles. The highest BCUT2D eigenvalue weighted by Gasteiger charge is 2.27. The first-order chi connectivity index (χ1) is 11.2. The van der Waals surface area contributed by atoms with E-state index >= 15 is 0 Å². The summed E-state index contributed by atoms with van der Waals surface area (Å²) in [5, 5.41) is 9.86. The van der Waals surface area contributed by atoms with Gasteiger partial charge in [-0.15, -0.1) is 0 Å². The summed E-state index contributed by atoms with van der Waals surface area (Å²) in [6.07, 6.45) is -2.06. The van der Waals surface area contributed by atoms with Crippen molar-refractivity contribution >= 4 is 7.82 Å². The Morgan fingerprint density at radius 2 is 2.00 bits per heavy atom. The molecule has 0 amide bonds. The van der Waals surface area contributed by atoms with E-state index in [0.717, 1.165) is 23.9 Å². The Balaban J connectivity index is 2.95. The van der Waals surface area contributed by atoms with Crippen molar-refractivity contribution in [2.24, 2.45) is 0 Å². The van der Waals surface area contributed by atoms with Crippen LogP contribution in [0, 0.1) is 0 Å². The predicted molar refractivity (Wildman–Crippen MR) is 81.6 cm³/mol. The molecule has 0 fully saturated rings. The molecule has 0 aliphatic carbocycles. The molecule has 1 aromatic rings. The average Bonchev–Trinajstić information content (AvgIpc) is 2.50. The normalized spacial score (nSPS) is 17.9. The van der Waals surface area contributed by atoms with E-state index in [9.17, 15) is 24.2 Å². The van der Waals surface area contributed by atoms with E-state index in [1.165, 1.54) is 14.0 Å². The van der Waals surface area contributed by atoms with E-state index in [4.69, 9.17) is 14.0 Å². The van der Waals surface area contributed by atoms with Crippen molar-refractivity contribution in [2.75, 3.05) is 27.4 Å². The number of H-pyrrole nitrogens is 1. The van der Waals surface area contributed by atoms with Gasteiger partial charge in [-0.05, 0) is 6.92 Å². The number of aromatic amines is 1. The maximum Gasteiger partial charge on any atom is 0.472 e. The smallest absolute Gasteiger partial charge is 0.389 e. The second kappa shape index (κ2) is 9.23. The van der Waals surface area contributed by atoms with Gasteiger partial charge < -0.3 is 19.5 Å². The SMILES string of the molecule is COCC(COP(=O)(O)OC)OC([C@@H](C)O)n1ccc(=O)[nH]c1=O. The summed E-state index contributed by atoms with van der Waals surface area (Å²) < 4.78 is 31.8. The van der Waals surface area contributed by atoms with Crippen LogP contribution in [0.4, 0.5) is 0 Å². The van der Waals surface area contributed by atoms with Gasteiger partial charge in [0.25, 0.3) is 5.56 Å². The molecule has 0 aliphatic heterocycles. The van der Waals surface area contributed by atoms with Crippen LogP contribution < -0.4 is 11.2 Å². The number of hydrogen-bond donors (Lipinski definition) is 3. The minimum Gasteiger partial charge on any atom is -0.389 e. The van der Waals surface area contributed by atoms with Crippen LogP contribution in [0.15, 0.2) is 21.9 Å². The molecule has 0 saturated heterocycles. The minimum atomic E-state index is -4.22. The molecule has 11 nitrogen and oxygen atoms in total. The maximum atomic E-state index is 11.8. The van der Waals surface area contributed by atoms with Gasteiger partial charge in [0.2, 0.25) is 0 Å². The summed E-state index contributed by atoms with van der Waals surface area (Å²) in [4.78, 5) is 34.2. The fraction of sp³-hybridized carbons (Fsp3) is 0.667. The molecular formula is C12H21N2O9P. The van der Waals surface area contributed by atoms with Crippen LogP contribution in [0.2, 0.25) is 0 Å². The highest BCUT2D eigenvalue weighted by molar-refractivity contribution is 7.47. The Morgan fingerprint density at radius 3 is 2.50 bits per heavy atom. The third-order valence-electron chi connectivity index (χ3n) is 2.88. The highest BCUT2D eigenvalue weighted by atomic mass is 31.2. The number of methoxy groups -OCH3 is 1. The molecule has 1 aromatic heterocycles. The molecule has 0 bridgehead atoms. The maximum absolute atomic E-state index is 11.8. The lowest BCUT2D eigenvalue weighted by atomic mass is 10.3. The minimum absolute atomic E-state index is 0.0506. The number of ether oxygens (including phenoxy) is 2. The van der Waals surface area contributed by atoms with Gasteiger partial charge in [0, 0.05) is 26.5 Å². The Bertz CT molecular complexity index is 671. The molecule has 0 aliphatic rings. The van der Waals surface area contributed by atoms with Gasteiger partial charge in [-0.25, -0.2) is 9.36 Å². The third kappa shape index (κ3) is 6.29. The summed E-state index contributed by atoms with van der Waals surface area (Å²) in [6.45, 7) is 0.931. The number of phosphoric ester groups is 1. The number of rotatable bonds is 10. The van der Waals surface area contributed by atoms with E-state index in [2.05, 4.69) is 4.52 Å². The van der Waals surface area contributed by atoms with E-state index in [1.54, 1.807) is 0 Å². The van der Waals surface area contributed by atoms with Gasteiger partial charge in [0.1, 0.15) is 6.10 Å². The predicted octanol–water partition coefficient (Wildman–Crippen LogP) is -0.789. The van der Waals surface area contributed by atoms with Crippen LogP contribution in [0.25, 0.3) is 0 Å². The molecule has 3 unspecified atom stereocenters. The molecule has 0 spiro atoms. The molecule has 0 radical (unpaired) electrons. The molecule has 1 rings (SSSR count). The zero-order valence-corrected chi connectivity index (χ0v) is 14.3. The highest BCUT2D eigenvalue weighted by Crippen LogP contribution is 2.42. The average molecular weight is 368 g/mol. The van der Waals surface area contributed by atoms with E-state index < -0.39 is 44.1 Å². The number of phosphoric acid groups is 1. The lowest BCUT2D eigenvalue weighted by molar-refractivity contribution is -0.140. The molecule has 0 aromatic carbocycles. The fourth-order valence-corrected chi connectivity index (χ4v) is 2.24. The standard InChI is InChI=1S/C12H21N2O9P/c1-8(15)11(14-5-4-10(16)13-12(14)17)23-9(6-20-2)7-22-24(18,19)21-3/h4-5,8-9,11,15H,6-7H2,1-3H3,(H,18,19)(H,13,16,17)/t8-,9?,11?/m1/s1. The zero-order chi connectivity index (χ0) is 18.3. The van der Waals surface area contributed by atoms with Gasteiger partial charge in [0.05, 0.1) is 19.3 Å². The van der Waals surface area contributed by atoms with Crippen LogP contribution in [0.3, 0.4) is 0 Å². The second-order valence-corrected chi connectivity index (χ2v) is 6.37. The first-order valence-electron chi connectivity index (χ1n) is 6.87. The van der Waals surface area contributed by atoms with Gasteiger partial charge in [-0.1, -0.05) is 0 Å². The quantitative estimate of drug-likeness (QED) is 0.452. The number of aliphatic hydroxyl groups excluding tert-OH is 1. The first kappa shape index (κ1) is 20.7. The van der Waals surface area contributed by atoms with E-state index in [1.807, 2.05) is 4.98 Å². The molecular weight excluding hydrogens is 347 g/mol. The second-order valence-electron chi connectivity index (χ2n) is 4.81. The van der Waals surface area contributed by atoms with Crippen molar-refractivity contribution in [3.63, 3.8) is 0 Å². The first-order valence-corrected chi connectivity index (χ1v) is 8.36. The lowest BCUT2D eigenvalue weighted by Crippen LogP contribution is -2.40. The van der Waals surface area contributed by atoms with Gasteiger partial charge in [-0.2, -0.15) is 0 Å². The summed E-state index contributed by atoms with van der Waals surface area (Å²) >= 11 is 0. The molecule has 1 heterocycles. The van der Waals surface area contributed by atoms with Crippen molar-refractivity contribution in [3.8, 4) is 0 Å². The molecule has 12 heteroatoms. The van der Waals surface area contributed by atoms with Crippen molar-refractivity contribution < 1.29 is 33.1 Å². The van der Waals surface area contributed by atoms with Gasteiger partial charge in [-0.3, -0.25) is 23.4 Å². The van der Waals surface area contributed by atoms with Crippen molar-refractivity contribution in [3.05, 3.63) is 33.1 Å². The Hall–Kier alpha value is -1.33. The summed E-state index contributed by atoms with van der Waals surface area (Å²) in [5.41, 5.74) is -1.38. The molecule has 24 heavy (non-hydrogen) atoms. The molecule has 138 valence electrons. The lowest BCUT2D eigenvalue weighted by Gasteiger charge is -2.27. The molecule has 3 N–H and O–H groups in total. The van der Waals surface area contributed by atoms with E-state index in [0.29, 0.717) is 0 Å². The monoisotopic (exact) mass is 368 g/mol. The van der Waals surface area contributed by atoms with Crippen molar-refractivity contribution in [1.29, 1.82) is 0 Å². The van der Waals surface area contributed by atoms with Crippen LogP contribution >= 0.6 is 7.82 Å². The Labute approximate surface area is 137 Å². The number of aromatic nitrogens is 2. The van der Waals surface area contributed by atoms with Gasteiger partial charge >= 0.3 is 13.5 Å². The van der Waals surface area contributed by atoms with Crippen LogP contribution in [-0.4, -0.2) is 59.2 Å². The number of hydrogen-bond acceptors (Lipinski definition) is 8. The number of nitrogens with zero attached hydrogens (tertiary/aromatic N) is 1. The zero-order valence-electron chi connectivity index (χ0n) is 13.4. The number of nitrogens with one attached hydrogen (secondary N) is 1. The Kier molecular flexibility index (Phi) is 7.97. The van der Waals surface area contributed by atoms with Crippen LogP contribution in [0.5, 0.6) is 0 Å². The topological polar surface area (TPSA) is 149 Å². The van der Waals surface area contributed by atoms with Crippen molar-refractivity contribution in [1.82, 2.24) is 9.55 Å². The largest absolute Gasteiger partial charge is 0.472 e. The van der Waals surface area contributed by atoms with Crippen molar-refractivity contribution in [2.45, 2.75) is 25.4 Å². The number of aliphatic hydroxyl groups is 1. The molecule has 4 atom stereocenters. The third-order valence-corrected chi connectivity index (χ3v) is 3.81.